The Hall–Kier alpha value is -1.98. The molecule has 21 heavy (non-hydrogen) atoms. The number of hydrogen-bond acceptors (Lipinski definition) is 5. The van der Waals surface area contributed by atoms with Crippen molar-refractivity contribution in [3.8, 4) is 11.5 Å². The van der Waals surface area contributed by atoms with Crippen LogP contribution < -0.4 is 5.32 Å². The standard InChI is InChI=1S/C15H14N4O.ClH/c1-2-4-12-10(3-1)6-8-17-13(12)14-18-15(20-19-14)11-5-7-16-9-11;/h1-4,6,8,11,16H,5,7,9H2;1H/t11-;/m0./s1. The maximum Gasteiger partial charge on any atom is 0.231 e. The molecule has 0 saturated carbocycles. The fourth-order valence-electron chi connectivity index (χ4n) is 2.66. The summed E-state index contributed by atoms with van der Waals surface area (Å²) in [6, 6.07) is 10.1. The first kappa shape index (κ1) is 14.0. The highest BCUT2D eigenvalue weighted by atomic mass is 35.5. The van der Waals surface area contributed by atoms with Crippen molar-refractivity contribution >= 4 is 23.2 Å². The third-order valence-corrected chi connectivity index (χ3v) is 3.74. The number of nitrogens with one attached hydrogen (secondary N) is 1. The maximum atomic E-state index is 5.41. The van der Waals surface area contributed by atoms with Crippen molar-refractivity contribution in [2.45, 2.75) is 12.3 Å². The molecule has 1 fully saturated rings. The van der Waals surface area contributed by atoms with Gasteiger partial charge >= 0.3 is 0 Å². The molecule has 0 unspecified atom stereocenters. The number of halogens is 1. The molecular formula is C15H15ClN4O. The fraction of sp³-hybridized carbons (Fsp3) is 0.267. The van der Waals surface area contributed by atoms with Gasteiger partial charge in [-0.25, -0.2) is 0 Å². The van der Waals surface area contributed by atoms with Crippen molar-refractivity contribution in [3.63, 3.8) is 0 Å². The van der Waals surface area contributed by atoms with Crippen LogP contribution in [0.3, 0.4) is 0 Å². The zero-order valence-corrected chi connectivity index (χ0v) is 12.1. The second-order valence-electron chi connectivity index (χ2n) is 5.03. The predicted molar refractivity (Wildman–Crippen MR) is 82.5 cm³/mol. The smallest absolute Gasteiger partial charge is 0.231 e. The van der Waals surface area contributed by atoms with E-state index in [0.29, 0.717) is 17.6 Å². The van der Waals surface area contributed by atoms with Crippen LogP contribution in [0.1, 0.15) is 18.2 Å². The predicted octanol–water partition coefficient (Wildman–Crippen LogP) is 2.78. The summed E-state index contributed by atoms with van der Waals surface area (Å²) < 4.78 is 5.41. The molecule has 0 aliphatic carbocycles. The second kappa shape index (κ2) is 5.79. The molecule has 0 bridgehead atoms. The molecule has 0 radical (unpaired) electrons. The average Bonchev–Trinajstić information content (AvgIpc) is 3.17. The summed E-state index contributed by atoms with van der Waals surface area (Å²) in [7, 11) is 0. The summed E-state index contributed by atoms with van der Waals surface area (Å²) in [6.45, 7) is 1.92. The molecule has 0 amide bonds. The van der Waals surface area contributed by atoms with E-state index in [4.69, 9.17) is 4.52 Å². The monoisotopic (exact) mass is 302 g/mol. The zero-order valence-electron chi connectivity index (χ0n) is 11.3. The minimum absolute atomic E-state index is 0. The van der Waals surface area contributed by atoms with Gasteiger partial charge in [0.1, 0.15) is 5.69 Å². The van der Waals surface area contributed by atoms with Gasteiger partial charge in [-0.3, -0.25) is 4.98 Å². The number of rotatable bonds is 2. The highest BCUT2D eigenvalue weighted by Crippen LogP contribution is 2.27. The Labute approximate surface area is 128 Å². The molecule has 6 heteroatoms. The van der Waals surface area contributed by atoms with Crippen LogP contribution in [0.15, 0.2) is 41.1 Å². The van der Waals surface area contributed by atoms with Gasteiger partial charge in [0.25, 0.3) is 0 Å². The SMILES string of the molecule is Cl.c1ccc2c(-c3noc([C@H]4CCNC4)n3)nccc2c1. The molecule has 3 heterocycles. The normalized spacial score (nSPS) is 17.8. The van der Waals surface area contributed by atoms with E-state index in [1.165, 1.54) is 0 Å². The van der Waals surface area contributed by atoms with Crippen LogP contribution in [0.4, 0.5) is 0 Å². The van der Waals surface area contributed by atoms with Crippen molar-refractivity contribution in [1.82, 2.24) is 20.4 Å². The number of aromatic nitrogens is 3. The first-order valence-corrected chi connectivity index (χ1v) is 6.80. The Balaban J connectivity index is 0.00000132. The lowest BCUT2D eigenvalue weighted by molar-refractivity contribution is 0.359. The zero-order chi connectivity index (χ0) is 13.4. The summed E-state index contributed by atoms with van der Waals surface area (Å²) >= 11 is 0. The maximum absolute atomic E-state index is 5.41. The lowest BCUT2D eigenvalue weighted by Gasteiger charge is -2.01. The van der Waals surface area contributed by atoms with Gasteiger partial charge in [0.2, 0.25) is 11.7 Å². The Morgan fingerprint density at radius 2 is 2.10 bits per heavy atom. The topological polar surface area (TPSA) is 63.8 Å². The molecular weight excluding hydrogens is 288 g/mol. The lowest BCUT2D eigenvalue weighted by atomic mass is 10.1. The highest BCUT2D eigenvalue weighted by molar-refractivity contribution is 5.92. The Kier molecular flexibility index (Phi) is 3.86. The molecule has 2 aromatic heterocycles. The van der Waals surface area contributed by atoms with E-state index >= 15 is 0 Å². The van der Waals surface area contributed by atoms with Crippen LogP contribution in [-0.2, 0) is 0 Å². The third kappa shape index (κ3) is 2.50. The summed E-state index contributed by atoms with van der Waals surface area (Å²) in [5.74, 6) is 1.61. The summed E-state index contributed by atoms with van der Waals surface area (Å²) in [6.07, 6.45) is 2.83. The van der Waals surface area contributed by atoms with Crippen LogP contribution in [-0.4, -0.2) is 28.2 Å². The van der Waals surface area contributed by atoms with Crippen molar-refractivity contribution < 1.29 is 4.52 Å². The Morgan fingerprint density at radius 3 is 2.95 bits per heavy atom. The van der Waals surface area contributed by atoms with Gasteiger partial charge in [-0.2, -0.15) is 4.98 Å². The molecule has 1 aromatic carbocycles. The minimum atomic E-state index is 0. The highest BCUT2D eigenvalue weighted by Gasteiger charge is 2.23. The number of benzene rings is 1. The molecule has 1 atom stereocenters. The fourth-order valence-corrected chi connectivity index (χ4v) is 2.66. The number of fused-ring (bicyclic) bond motifs is 1. The van der Waals surface area contributed by atoms with Crippen molar-refractivity contribution in [2.75, 3.05) is 13.1 Å². The van der Waals surface area contributed by atoms with Crippen LogP contribution in [0.5, 0.6) is 0 Å². The molecule has 1 saturated heterocycles. The second-order valence-corrected chi connectivity index (χ2v) is 5.03. The van der Waals surface area contributed by atoms with Crippen molar-refractivity contribution in [1.29, 1.82) is 0 Å². The summed E-state index contributed by atoms with van der Waals surface area (Å²) in [4.78, 5) is 8.95. The molecule has 1 N–H and O–H groups in total. The van der Waals surface area contributed by atoms with Gasteiger partial charge in [-0.15, -0.1) is 12.4 Å². The first-order chi connectivity index (χ1) is 9.92. The summed E-state index contributed by atoms with van der Waals surface area (Å²) in [5.41, 5.74) is 0.782. The van der Waals surface area contributed by atoms with E-state index in [1.54, 1.807) is 6.20 Å². The van der Waals surface area contributed by atoms with Gasteiger partial charge in [0.15, 0.2) is 0 Å². The molecule has 0 spiro atoms. The van der Waals surface area contributed by atoms with E-state index in [9.17, 15) is 0 Å². The van der Waals surface area contributed by atoms with E-state index in [0.717, 1.165) is 36.0 Å². The van der Waals surface area contributed by atoms with Crippen molar-refractivity contribution in [3.05, 3.63) is 42.4 Å². The third-order valence-electron chi connectivity index (χ3n) is 3.74. The number of hydrogen-bond donors (Lipinski definition) is 1. The van der Waals surface area contributed by atoms with Gasteiger partial charge in [-0.1, -0.05) is 29.4 Å². The lowest BCUT2D eigenvalue weighted by Crippen LogP contribution is -2.08. The summed E-state index contributed by atoms with van der Waals surface area (Å²) in [5, 5.41) is 9.59. The number of nitrogens with zero attached hydrogens (tertiary/aromatic N) is 3. The van der Waals surface area contributed by atoms with Gasteiger partial charge in [-0.05, 0) is 24.4 Å². The van der Waals surface area contributed by atoms with Crippen LogP contribution in [0.2, 0.25) is 0 Å². The van der Waals surface area contributed by atoms with E-state index in [2.05, 4.69) is 26.5 Å². The number of pyridine rings is 1. The molecule has 108 valence electrons. The molecule has 1 aliphatic rings. The molecule has 1 aliphatic heterocycles. The molecule has 3 aromatic rings. The van der Waals surface area contributed by atoms with E-state index < -0.39 is 0 Å². The quantitative estimate of drug-likeness (QED) is 0.788. The van der Waals surface area contributed by atoms with Crippen LogP contribution in [0, 0.1) is 0 Å². The van der Waals surface area contributed by atoms with Crippen LogP contribution in [0.25, 0.3) is 22.3 Å². The Morgan fingerprint density at radius 1 is 1.19 bits per heavy atom. The van der Waals surface area contributed by atoms with Gasteiger partial charge in [0.05, 0.1) is 5.92 Å². The van der Waals surface area contributed by atoms with Crippen molar-refractivity contribution in [2.24, 2.45) is 0 Å². The van der Waals surface area contributed by atoms with E-state index in [1.807, 2.05) is 24.3 Å². The van der Waals surface area contributed by atoms with E-state index in [-0.39, 0.29) is 12.4 Å². The minimum Gasteiger partial charge on any atom is -0.339 e. The van der Waals surface area contributed by atoms with Crippen LogP contribution >= 0.6 is 12.4 Å². The molecule has 5 nitrogen and oxygen atoms in total. The first-order valence-electron chi connectivity index (χ1n) is 6.80. The largest absolute Gasteiger partial charge is 0.339 e. The Bertz CT molecular complexity index is 747. The average molecular weight is 303 g/mol. The molecule has 4 rings (SSSR count). The van der Waals surface area contributed by atoms with Gasteiger partial charge in [0, 0.05) is 18.1 Å². The van der Waals surface area contributed by atoms with Gasteiger partial charge < -0.3 is 9.84 Å².